The Labute approximate surface area is 205 Å². The lowest BCUT2D eigenvalue weighted by Crippen LogP contribution is -2.66. The monoisotopic (exact) mass is 507 g/mol. The SMILES string of the molecule is O=C(C[N+]12CCC(CC1)C(OC(=O)[C@@](O)(c1cccs1)C1CCC(F)(F)C1)C2)Nc1ncccn1. The van der Waals surface area contributed by atoms with Crippen LogP contribution in [0.1, 0.15) is 37.0 Å². The Hall–Kier alpha value is -2.50. The molecule has 35 heavy (non-hydrogen) atoms. The number of ether oxygens (including phenoxy) is 1. The van der Waals surface area contributed by atoms with Crippen molar-refractivity contribution in [2.75, 3.05) is 31.5 Å². The number of piperidine rings is 3. The fourth-order valence-corrected chi connectivity index (χ4v) is 6.80. The second-order valence-corrected chi connectivity index (χ2v) is 11.0. The summed E-state index contributed by atoms with van der Waals surface area (Å²) in [5.41, 5.74) is -2.10. The van der Waals surface area contributed by atoms with Gasteiger partial charge in [-0.2, -0.15) is 0 Å². The summed E-state index contributed by atoms with van der Waals surface area (Å²) in [7, 11) is 0. The molecule has 6 rings (SSSR count). The number of carbonyl (C=O) groups is 2. The quantitative estimate of drug-likeness (QED) is 0.442. The molecule has 4 aliphatic rings. The number of amides is 1. The highest BCUT2D eigenvalue weighted by Gasteiger charge is 2.57. The first-order valence-electron chi connectivity index (χ1n) is 12.0. The standard InChI is InChI=1S/C24H28F2N4O4S/c25-23(26)7-4-17(13-23)24(33,19-3-1-12-35-19)21(32)34-18-14-30(10-5-16(18)6-11-30)15-20(31)29-22-27-8-2-9-28-22/h1-3,8-9,12,16-18,33H,4-7,10-11,13-15H2/p+1/t16?,17?,18?,24-,30?/m0/s1. The Morgan fingerprint density at radius 2 is 1.97 bits per heavy atom. The van der Waals surface area contributed by atoms with E-state index in [1.165, 1.54) is 11.3 Å². The molecule has 5 heterocycles. The molecular formula is C24H29F2N4O4S+. The van der Waals surface area contributed by atoms with Gasteiger partial charge in [0, 0.05) is 54.8 Å². The van der Waals surface area contributed by atoms with E-state index >= 15 is 0 Å². The van der Waals surface area contributed by atoms with Crippen LogP contribution in [0.3, 0.4) is 0 Å². The van der Waals surface area contributed by atoms with Gasteiger partial charge in [0.2, 0.25) is 11.9 Å². The van der Waals surface area contributed by atoms with Gasteiger partial charge in [-0.1, -0.05) is 6.07 Å². The maximum absolute atomic E-state index is 14.0. The summed E-state index contributed by atoms with van der Waals surface area (Å²) in [4.78, 5) is 34.6. The van der Waals surface area contributed by atoms with Crippen LogP contribution in [0, 0.1) is 11.8 Å². The van der Waals surface area contributed by atoms with Gasteiger partial charge in [-0.05, 0) is 23.9 Å². The van der Waals surface area contributed by atoms with Gasteiger partial charge in [0.15, 0.2) is 18.2 Å². The smallest absolute Gasteiger partial charge is 0.344 e. The molecule has 1 saturated carbocycles. The van der Waals surface area contributed by atoms with Gasteiger partial charge >= 0.3 is 5.97 Å². The third-order valence-electron chi connectivity index (χ3n) is 7.80. The molecule has 0 radical (unpaired) electrons. The normalized spacial score (nSPS) is 31.0. The summed E-state index contributed by atoms with van der Waals surface area (Å²) in [6.45, 7) is 2.21. The number of halogens is 2. The van der Waals surface area contributed by atoms with Crippen LogP contribution in [-0.2, 0) is 19.9 Å². The van der Waals surface area contributed by atoms with E-state index in [9.17, 15) is 23.5 Å². The maximum Gasteiger partial charge on any atom is 0.344 e. The Bertz CT molecular complexity index is 1060. The van der Waals surface area contributed by atoms with E-state index in [2.05, 4.69) is 15.3 Å². The first-order chi connectivity index (χ1) is 16.7. The topological polar surface area (TPSA) is 101 Å². The largest absolute Gasteiger partial charge is 0.454 e. The van der Waals surface area contributed by atoms with Crippen LogP contribution in [0.2, 0.25) is 0 Å². The van der Waals surface area contributed by atoms with Crippen molar-refractivity contribution in [3.8, 4) is 0 Å². The first-order valence-corrected chi connectivity index (χ1v) is 12.8. The molecule has 0 spiro atoms. The molecule has 2 unspecified atom stereocenters. The fraction of sp³-hybridized carbons (Fsp3) is 0.583. The van der Waals surface area contributed by atoms with Crippen molar-refractivity contribution in [1.82, 2.24) is 9.97 Å². The minimum Gasteiger partial charge on any atom is -0.454 e. The second-order valence-electron chi connectivity index (χ2n) is 10.1. The van der Waals surface area contributed by atoms with E-state index in [4.69, 9.17) is 4.74 Å². The van der Waals surface area contributed by atoms with E-state index in [-0.39, 0.29) is 37.2 Å². The number of rotatable bonds is 7. The lowest BCUT2D eigenvalue weighted by molar-refractivity contribution is -0.939. The van der Waals surface area contributed by atoms with Gasteiger partial charge in [-0.15, -0.1) is 11.3 Å². The van der Waals surface area contributed by atoms with Crippen molar-refractivity contribution >= 4 is 29.2 Å². The van der Waals surface area contributed by atoms with Crippen molar-refractivity contribution in [1.29, 1.82) is 0 Å². The van der Waals surface area contributed by atoms with Crippen molar-refractivity contribution in [2.24, 2.45) is 11.8 Å². The number of fused-ring (bicyclic) bond motifs is 3. The molecule has 1 amide bonds. The minimum atomic E-state index is -2.91. The molecular weight excluding hydrogens is 478 g/mol. The highest BCUT2D eigenvalue weighted by Crippen LogP contribution is 2.49. The molecule has 0 aromatic carbocycles. The van der Waals surface area contributed by atoms with Crippen LogP contribution in [0.25, 0.3) is 0 Å². The summed E-state index contributed by atoms with van der Waals surface area (Å²) in [6.07, 6.45) is 3.32. The highest BCUT2D eigenvalue weighted by molar-refractivity contribution is 7.10. The predicted octanol–water partition coefficient (Wildman–Crippen LogP) is 2.95. The highest BCUT2D eigenvalue weighted by atomic mass is 32.1. The molecule has 2 aromatic rings. The molecule has 3 aliphatic heterocycles. The molecule has 3 saturated heterocycles. The average molecular weight is 508 g/mol. The van der Waals surface area contributed by atoms with Crippen LogP contribution in [-0.4, -0.2) is 69.6 Å². The maximum atomic E-state index is 14.0. The van der Waals surface area contributed by atoms with Crippen LogP contribution >= 0.6 is 11.3 Å². The molecule has 2 bridgehead atoms. The van der Waals surface area contributed by atoms with Crippen LogP contribution < -0.4 is 5.32 Å². The zero-order valence-corrected chi connectivity index (χ0v) is 20.1. The number of nitrogens with one attached hydrogen (secondary N) is 1. The zero-order valence-electron chi connectivity index (χ0n) is 19.2. The van der Waals surface area contributed by atoms with E-state index in [0.717, 1.165) is 25.9 Å². The molecule has 11 heteroatoms. The minimum absolute atomic E-state index is 0.0479. The molecule has 2 aromatic heterocycles. The van der Waals surface area contributed by atoms with E-state index in [0.29, 0.717) is 15.9 Å². The Kier molecular flexibility index (Phi) is 6.35. The Morgan fingerprint density at radius 3 is 2.60 bits per heavy atom. The van der Waals surface area contributed by atoms with Gasteiger partial charge in [0.05, 0.1) is 13.1 Å². The number of quaternary nitrogens is 1. The van der Waals surface area contributed by atoms with Crippen LogP contribution in [0.4, 0.5) is 14.7 Å². The summed E-state index contributed by atoms with van der Waals surface area (Å²) in [6, 6.07) is 4.95. The predicted molar refractivity (Wildman–Crippen MR) is 123 cm³/mol. The summed E-state index contributed by atoms with van der Waals surface area (Å²) in [5.74, 6) is -4.54. The first kappa shape index (κ1) is 24.2. The summed E-state index contributed by atoms with van der Waals surface area (Å²) in [5, 5.41) is 16.0. The van der Waals surface area contributed by atoms with E-state index < -0.39 is 35.9 Å². The number of hydrogen-bond acceptors (Lipinski definition) is 7. The van der Waals surface area contributed by atoms with Gasteiger partial charge in [0.1, 0.15) is 6.54 Å². The lowest BCUT2D eigenvalue weighted by atomic mass is 9.82. The average Bonchev–Trinajstić information content (AvgIpc) is 3.50. The number of hydrogen-bond donors (Lipinski definition) is 2. The number of thiophene rings is 1. The number of aromatic nitrogens is 2. The molecule has 4 fully saturated rings. The van der Waals surface area contributed by atoms with Gasteiger partial charge in [0.25, 0.3) is 5.91 Å². The van der Waals surface area contributed by atoms with Crippen molar-refractivity contribution in [3.05, 3.63) is 40.8 Å². The molecule has 2 N–H and O–H groups in total. The van der Waals surface area contributed by atoms with Gasteiger partial charge < -0.3 is 14.3 Å². The van der Waals surface area contributed by atoms with Crippen molar-refractivity contribution in [3.63, 3.8) is 0 Å². The fourth-order valence-electron chi connectivity index (χ4n) is 5.91. The number of nitrogens with zero attached hydrogens (tertiary/aromatic N) is 3. The number of esters is 1. The number of aliphatic hydroxyl groups is 1. The van der Waals surface area contributed by atoms with Crippen LogP contribution in [0.15, 0.2) is 36.0 Å². The van der Waals surface area contributed by atoms with Gasteiger partial charge in [-0.3, -0.25) is 10.1 Å². The second kappa shape index (κ2) is 9.18. The Morgan fingerprint density at radius 1 is 1.23 bits per heavy atom. The summed E-state index contributed by atoms with van der Waals surface area (Å²) >= 11 is 1.17. The van der Waals surface area contributed by atoms with E-state index in [1.54, 1.807) is 36.0 Å². The third-order valence-corrected chi connectivity index (χ3v) is 8.79. The molecule has 1 aliphatic carbocycles. The molecule has 188 valence electrons. The number of carbonyl (C=O) groups excluding carboxylic acids is 2. The zero-order chi connectivity index (χ0) is 24.7. The van der Waals surface area contributed by atoms with Crippen molar-refractivity contribution < 1.29 is 32.7 Å². The molecule has 3 atom stereocenters. The van der Waals surface area contributed by atoms with Gasteiger partial charge in [-0.25, -0.2) is 23.5 Å². The Balaban J connectivity index is 1.30. The van der Waals surface area contributed by atoms with E-state index in [1.807, 2.05) is 0 Å². The molecule has 8 nitrogen and oxygen atoms in total. The number of anilines is 1. The number of alkyl halides is 2. The van der Waals surface area contributed by atoms with Crippen molar-refractivity contribution in [2.45, 2.75) is 49.7 Å². The van der Waals surface area contributed by atoms with Crippen LogP contribution in [0.5, 0.6) is 0 Å². The lowest BCUT2D eigenvalue weighted by Gasteiger charge is -2.51. The summed E-state index contributed by atoms with van der Waals surface area (Å²) < 4.78 is 34.4. The third kappa shape index (κ3) is 4.81.